The average Bonchev–Trinajstić information content (AvgIpc) is 3.31. The van der Waals surface area contributed by atoms with Gasteiger partial charge in [0.1, 0.15) is 6.54 Å². The Balaban J connectivity index is 0.00000182. The number of nitrogens with zero attached hydrogens (tertiary/aromatic N) is 3. The van der Waals surface area contributed by atoms with Crippen molar-refractivity contribution in [1.29, 1.82) is 0 Å². The van der Waals surface area contributed by atoms with Crippen molar-refractivity contribution in [3.63, 3.8) is 0 Å². The lowest BCUT2D eigenvalue weighted by Crippen LogP contribution is -2.29. The number of rotatable bonds is 5. The topological polar surface area (TPSA) is 87.6 Å². The van der Waals surface area contributed by atoms with Gasteiger partial charge in [0.2, 0.25) is 5.91 Å². The van der Waals surface area contributed by atoms with Gasteiger partial charge in [0, 0.05) is 24.4 Å². The molecule has 0 spiro atoms. The van der Waals surface area contributed by atoms with E-state index in [1.54, 1.807) is 4.68 Å². The molecular formula is C17H25ClN6O. The first kappa shape index (κ1) is 17.9. The summed E-state index contributed by atoms with van der Waals surface area (Å²) in [6.45, 7) is 2.82. The molecule has 25 heavy (non-hydrogen) atoms. The third-order valence-electron chi connectivity index (χ3n) is 5.03. The first-order valence-electron chi connectivity index (χ1n) is 8.85. The Bertz CT molecular complexity index is 719. The van der Waals surface area contributed by atoms with E-state index in [1.165, 1.54) is 30.5 Å². The summed E-state index contributed by atoms with van der Waals surface area (Å²) in [5.74, 6) is 0.441. The Labute approximate surface area is 153 Å². The van der Waals surface area contributed by atoms with Gasteiger partial charge in [-0.3, -0.25) is 14.6 Å². The highest BCUT2D eigenvalue weighted by Gasteiger charge is 2.19. The molecule has 2 aliphatic rings. The standard InChI is InChI=1S/C17H24N6O.ClH/c24-17(19-10-16-13-4-1-5-15(13)20-21-16)11-23-8-6-14(22-23)12-3-2-7-18-9-12;/h6,8,12,18H,1-5,7,9-11H2,(H,19,24)(H,20,21);1H. The number of carbonyl (C=O) groups excluding carboxylic acids is 1. The van der Waals surface area contributed by atoms with Gasteiger partial charge in [0.25, 0.3) is 0 Å². The molecule has 0 saturated carbocycles. The molecule has 1 saturated heterocycles. The second kappa shape index (κ2) is 8.01. The number of hydrogen-bond acceptors (Lipinski definition) is 4. The molecule has 2 aromatic heterocycles. The Morgan fingerprint density at radius 1 is 1.36 bits per heavy atom. The van der Waals surface area contributed by atoms with Crippen LogP contribution >= 0.6 is 12.4 Å². The molecule has 0 radical (unpaired) electrons. The summed E-state index contributed by atoms with van der Waals surface area (Å²) in [5, 5.41) is 18.3. The maximum Gasteiger partial charge on any atom is 0.242 e. The first-order valence-corrected chi connectivity index (χ1v) is 8.85. The van der Waals surface area contributed by atoms with Crippen molar-refractivity contribution in [3.8, 4) is 0 Å². The van der Waals surface area contributed by atoms with Gasteiger partial charge in [-0.25, -0.2) is 0 Å². The van der Waals surface area contributed by atoms with Gasteiger partial charge in [0.05, 0.1) is 17.9 Å². The second-order valence-electron chi connectivity index (χ2n) is 6.74. The molecular weight excluding hydrogens is 340 g/mol. The molecule has 2 aromatic rings. The van der Waals surface area contributed by atoms with Gasteiger partial charge < -0.3 is 10.6 Å². The normalized spacial score (nSPS) is 19.3. The molecule has 1 aliphatic heterocycles. The molecule has 0 bridgehead atoms. The second-order valence-corrected chi connectivity index (χ2v) is 6.74. The van der Waals surface area contributed by atoms with Gasteiger partial charge in [-0.1, -0.05) is 0 Å². The maximum absolute atomic E-state index is 12.2. The number of hydrogen-bond donors (Lipinski definition) is 3. The van der Waals surface area contributed by atoms with Crippen LogP contribution in [0.25, 0.3) is 0 Å². The van der Waals surface area contributed by atoms with Gasteiger partial charge in [-0.15, -0.1) is 12.4 Å². The highest BCUT2D eigenvalue weighted by molar-refractivity contribution is 5.85. The zero-order valence-corrected chi connectivity index (χ0v) is 15.1. The van der Waals surface area contributed by atoms with Crippen molar-refractivity contribution < 1.29 is 4.79 Å². The number of piperidine rings is 1. The fraction of sp³-hybridized carbons (Fsp3) is 0.588. The number of halogens is 1. The SMILES string of the molecule is Cl.O=C(Cn1ccc(C2CCCNC2)n1)NCc1n[nH]c2c1CCC2. The summed E-state index contributed by atoms with van der Waals surface area (Å²) in [7, 11) is 0. The van der Waals surface area contributed by atoms with E-state index in [0.29, 0.717) is 12.5 Å². The third kappa shape index (κ3) is 4.04. The van der Waals surface area contributed by atoms with Crippen molar-refractivity contribution in [1.82, 2.24) is 30.6 Å². The van der Waals surface area contributed by atoms with Crippen molar-refractivity contribution in [2.24, 2.45) is 0 Å². The minimum atomic E-state index is -0.0267. The highest BCUT2D eigenvalue weighted by atomic mass is 35.5. The van der Waals surface area contributed by atoms with E-state index in [-0.39, 0.29) is 24.9 Å². The van der Waals surface area contributed by atoms with Gasteiger partial charge in [-0.05, 0) is 50.3 Å². The predicted octanol–water partition coefficient (Wildman–Crippen LogP) is 1.30. The van der Waals surface area contributed by atoms with Crippen LogP contribution < -0.4 is 10.6 Å². The van der Waals surface area contributed by atoms with Crippen LogP contribution in [-0.2, 0) is 30.7 Å². The minimum absolute atomic E-state index is 0. The fourth-order valence-corrected chi connectivity index (χ4v) is 3.71. The molecule has 1 fully saturated rings. The number of aromatic amines is 1. The summed E-state index contributed by atoms with van der Waals surface area (Å²) in [4.78, 5) is 12.2. The lowest BCUT2D eigenvalue weighted by atomic mass is 9.97. The van der Waals surface area contributed by atoms with Gasteiger partial charge in [-0.2, -0.15) is 10.2 Å². The largest absolute Gasteiger partial charge is 0.349 e. The van der Waals surface area contributed by atoms with Crippen molar-refractivity contribution in [2.75, 3.05) is 13.1 Å². The lowest BCUT2D eigenvalue weighted by molar-refractivity contribution is -0.122. The molecule has 0 aromatic carbocycles. The number of amides is 1. The van der Waals surface area contributed by atoms with E-state index in [1.807, 2.05) is 12.3 Å². The van der Waals surface area contributed by atoms with Crippen molar-refractivity contribution in [3.05, 3.63) is 34.9 Å². The number of aryl methyl sites for hydroxylation is 1. The van der Waals surface area contributed by atoms with Crippen LogP contribution in [0.2, 0.25) is 0 Å². The van der Waals surface area contributed by atoms with Crippen LogP contribution in [0.1, 0.15) is 47.8 Å². The van der Waals surface area contributed by atoms with E-state index >= 15 is 0 Å². The fourth-order valence-electron chi connectivity index (χ4n) is 3.71. The van der Waals surface area contributed by atoms with E-state index < -0.39 is 0 Å². The third-order valence-corrected chi connectivity index (χ3v) is 5.03. The van der Waals surface area contributed by atoms with Crippen molar-refractivity contribution >= 4 is 18.3 Å². The minimum Gasteiger partial charge on any atom is -0.349 e. The number of H-pyrrole nitrogens is 1. The molecule has 1 aliphatic carbocycles. The van der Waals surface area contributed by atoms with Crippen LogP contribution in [0.4, 0.5) is 0 Å². The summed E-state index contributed by atoms with van der Waals surface area (Å²) < 4.78 is 1.73. The summed E-state index contributed by atoms with van der Waals surface area (Å²) in [6.07, 6.45) is 7.57. The van der Waals surface area contributed by atoms with E-state index in [0.717, 1.165) is 37.3 Å². The number of carbonyl (C=O) groups is 1. The van der Waals surface area contributed by atoms with E-state index in [9.17, 15) is 4.79 Å². The summed E-state index contributed by atoms with van der Waals surface area (Å²) >= 11 is 0. The highest BCUT2D eigenvalue weighted by Crippen LogP contribution is 2.23. The van der Waals surface area contributed by atoms with Gasteiger partial charge >= 0.3 is 0 Å². The van der Waals surface area contributed by atoms with Crippen LogP contribution in [0, 0.1) is 0 Å². The Kier molecular flexibility index (Phi) is 5.75. The monoisotopic (exact) mass is 364 g/mol. The van der Waals surface area contributed by atoms with E-state index in [4.69, 9.17) is 0 Å². The Morgan fingerprint density at radius 2 is 2.28 bits per heavy atom. The number of nitrogens with one attached hydrogen (secondary N) is 3. The van der Waals surface area contributed by atoms with Crippen LogP contribution in [0.15, 0.2) is 12.3 Å². The summed E-state index contributed by atoms with van der Waals surface area (Å²) in [6, 6.07) is 2.03. The molecule has 136 valence electrons. The first-order chi connectivity index (χ1) is 11.8. The molecule has 1 atom stereocenters. The van der Waals surface area contributed by atoms with Crippen LogP contribution in [0.3, 0.4) is 0 Å². The zero-order valence-electron chi connectivity index (χ0n) is 14.3. The molecule has 8 heteroatoms. The Morgan fingerprint density at radius 3 is 3.12 bits per heavy atom. The maximum atomic E-state index is 12.2. The lowest BCUT2D eigenvalue weighted by Gasteiger charge is -2.20. The molecule has 3 N–H and O–H groups in total. The molecule has 3 heterocycles. The molecule has 7 nitrogen and oxygen atoms in total. The predicted molar refractivity (Wildman–Crippen MR) is 96.8 cm³/mol. The molecule has 1 amide bonds. The van der Waals surface area contributed by atoms with Crippen LogP contribution in [-0.4, -0.2) is 39.0 Å². The Hall–Kier alpha value is -1.86. The quantitative estimate of drug-likeness (QED) is 0.746. The van der Waals surface area contributed by atoms with Crippen molar-refractivity contribution in [2.45, 2.75) is 51.1 Å². The molecule has 4 rings (SSSR count). The summed E-state index contributed by atoms with van der Waals surface area (Å²) in [5.41, 5.74) is 4.59. The van der Waals surface area contributed by atoms with Crippen LogP contribution in [0.5, 0.6) is 0 Å². The smallest absolute Gasteiger partial charge is 0.242 e. The van der Waals surface area contributed by atoms with Gasteiger partial charge in [0.15, 0.2) is 0 Å². The number of aromatic nitrogens is 4. The zero-order chi connectivity index (χ0) is 16.4. The number of fused-ring (bicyclic) bond motifs is 1. The average molecular weight is 365 g/mol. The van der Waals surface area contributed by atoms with E-state index in [2.05, 4.69) is 25.9 Å². The molecule has 1 unspecified atom stereocenters.